The van der Waals surface area contributed by atoms with Gasteiger partial charge in [0.1, 0.15) is 5.76 Å². The van der Waals surface area contributed by atoms with Crippen LogP contribution in [0.1, 0.15) is 21.7 Å². The number of amides is 1. The molecule has 0 bridgehead atoms. The normalized spacial score (nSPS) is 12.5. The summed E-state index contributed by atoms with van der Waals surface area (Å²) >= 11 is 12.3. The van der Waals surface area contributed by atoms with Crippen molar-refractivity contribution in [2.45, 2.75) is 12.8 Å². The topological polar surface area (TPSA) is 42.2 Å². The van der Waals surface area contributed by atoms with Crippen molar-refractivity contribution in [1.82, 2.24) is 0 Å². The zero-order valence-corrected chi connectivity index (χ0v) is 16.3. The van der Waals surface area contributed by atoms with E-state index in [0.717, 1.165) is 23.9 Å². The predicted octanol–water partition coefficient (Wildman–Crippen LogP) is 6.76. The van der Waals surface area contributed by atoms with Crippen LogP contribution >= 0.6 is 23.2 Å². The quantitative estimate of drug-likeness (QED) is 0.407. The number of nitrogens with one attached hydrogen (secondary N) is 1. The molecule has 0 radical (unpaired) electrons. The van der Waals surface area contributed by atoms with Crippen LogP contribution in [0.25, 0.3) is 22.1 Å². The number of carbonyl (C=O) groups excluding carboxylic acids is 1. The van der Waals surface area contributed by atoms with E-state index in [0.29, 0.717) is 21.4 Å². The van der Waals surface area contributed by atoms with Crippen LogP contribution in [0.4, 0.5) is 5.69 Å². The first-order valence-corrected chi connectivity index (χ1v) is 9.76. The number of hydrogen-bond donors (Lipinski definition) is 1. The first kappa shape index (κ1) is 17.4. The second-order valence-corrected chi connectivity index (χ2v) is 7.62. The second-order valence-electron chi connectivity index (χ2n) is 6.83. The second kappa shape index (κ2) is 6.69. The van der Waals surface area contributed by atoms with E-state index in [1.807, 2.05) is 18.2 Å². The van der Waals surface area contributed by atoms with Gasteiger partial charge in [0, 0.05) is 16.6 Å². The fraction of sp³-hybridized carbons (Fsp3) is 0.0870. The van der Waals surface area contributed by atoms with Crippen molar-refractivity contribution in [3.05, 3.63) is 87.6 Å². The van der Waals surface area contributed by atoms with E-state index >= 15 is 0 Å². The Balaban J connectivity index is 1.47. The summed E-state index contributed by atoms with van der Waals surface area (Å²) in [6.45, 7) is 0. The van der Waals surface area contributed by atoms with Crippen LogP contribution in [-0.2, 0) is 12.8 Å². The Bertz CT molecular complexity index is 1230. The maximum atomic E-state index is 12.8. The molecule has 1 aromatic heterocycles. The van der Waals surface area contributed by atoms with Crippen LogP contribution in [0, 0.1) is 0 Å². The molecule has 138 valence electrons. The molecule has 0 fully saturated rings. The largest absolute Gasteiger partial charge is 0.451 e. The summed E-state index contributed by atoms with van der Waals surface area (Å²) in [6, 6.07) is 18.9. The van der Waals surface area contributed by atoms with Crippen molar-refractivity contribution < 1.29 is 9.21 Å². The van der Waals surface area contributed by atoms with Crippen LogP contribution in [0.5, 0.6) is 0 Å². The Kier molecular flexibility index (Phi) is 4.15. The average molecular weight is 408 g/mol. The minimum Gasteiger partial charge on any atom is -0.451 e. The molecule has 0 aliphatic heterocycles. The maximum absolute atomic E-state index is 12.8. The van der Waals surface area contributed by atoms with Gasteiger partial charge in [0.25, 0.3) is 5.91 Å². The van der Waals surface area contributed by atoms with Crippen molar-refractivity contribution in [2.75, 3.05) is 5.32 Å². The lowest BCUT2D eigenvalue weighted by Crippen LogP contribution is -2.11. The van der Waals surface area contributed by atoms with Crippen molar-refractivity contribution in [1.29, 1.82) is 0 Å². The van der Waals surface area contributed by atoms with Crippen LogP contribution in [0.2, 0.25) is 10.0 Å². The highest BCUT2D eigenvalue weighted by atomic mass is 35.5. The molecule has 1 amide bonds. The molecule has 0 unspecified atom stereocenters. The highest BCUT2D eigenvalue weighted by molar-refractivity contribution is 6.43. The molecule has 5 rings (SSSR count). The van der Waals surface area contributed by atoms with E-state index in [4.69, 9.17) is 27.6 Å². The van der Waals surface area contributed by atoms with Crippen molar-refractivity contribution >= 4 is 45.6 Å². The SMILES string of the molecule is O=C(Nc1ccc2c3c(cccc13)CC2)c1ccc(-c2cccc(Cl)c2Cl)o1. The van der Waals surface area contributed by atoms with Gasteiger partial charge in [0.2, 0.25) is 0 Å². The number of benzene rings is 3. The first-order valence-electron chi connectivity index (χ1n) is 9.01. The molecule has 0 spiro atoms. The van der Waals surface area contributed by atoms with E-state index in [-0.39, 0.29) is 11.7 Å². The van der Waals surface area contributed by atoms with Crippen LogP contribution in [0.3, 0.4) is 0 Å². The molecule has 1 heterocycles. The van der Waals surface area contributed by atoms with Gasteiger partial charge in [-0.2, -0.15) is 0 Å². The Hall–Kier alpha value is -2.75. The summed E-state index contributed by atoms with van der Waals surface area (Å²) in [5.74, 6) is 0.412. The monoisotopic (exact) mass is 407 g/mol. The Labute approximate surface area is 171 Å². The van der Waals surface area contributed by atoms with Gasteiger partial charge in [0.05, 0.1) is 10.0 Å². The fourth-order valence-corrected chi connectivity index (χ4v) is 4.23. The van der Waals surface area contributed by atoms with Gasteiger partial charge >= 0.3 is 0 Å². The third-order valence-electron chi connectivity index (χ3n) is 5.17. The third-order valence-corrected chi connectivity index (χ3v) is 5.99. The number of anilines is 1. The average Bonchev–Trinajstić information content (AvgIpc) is 3.35. The van der Waals surface area contributed by atoms with Gasteiger partial charge in [-0.3, -0.25) is 4.79 Å². The summed E-state index contributed by atoms with van der Waals surface area (Å²) in [5, 5.41) is 6.14. The molecule has 0 saturated heterocycles. The lowest BCUT2D eigenvalue weighted by molar-refractivity contribution is 0.0997. The van der Waals surface area contributed by atoms with Gasteiger partial charge in [-0.25, -0.2) is 0 Å². The van der Waals surface area contributed by atoms with Crippen molar-refractivity contribution in [3.63, 3.8) is 0 Å². The summed E-state index contributed by atoms with van der Waals surface area (Å²) in [4.78, 5) is 12.8. The van der Waals surface area contributed by atoms with Crippen LogP contribution in [0.15, 0.2) is 65.1 Å². The van der Waals surface area contributed by atoms with Crippen LogP contribution < -0.4 is 5.32 Å². The van der Waals surface area contributed by atoms with Gasteiger partial charge in [-0.1, -0.05) is 53.5 Å². The molecule has 0 saturated carbocycles. The minimum absolute atomic E-state index is 0.217. The predicted molar refractivity (Wildman–Crippen MR) is 113 cm³/mol. The van der Waals surface area contributed by atoms with E-state index in [9.17, 15) is 4.79 Å². The van der Waals surface area contributed by atoms with E-state index in [2.05, 4.69) is 17.4 Å². The number of hydrogen-bond acceptors (Lipinski definition) is 2. The highest BCUT2D eigenvalue weighted by Gasteiger charge is 2.19. The van der Waals surface area contributed by atoms with Crippen molar-refractivity contribution in [3.8, 4) is 11.3 Å². The molecule has 5 heteroatoms. The van der Waals surface area contributed by atoms with Crippen molar-refractivity contribution in [2.24, 2.45) is 0 Å². The Morgan fingerprint density at radius 3 is 2.54 bits per heavy atom. The number of aryl methyl sites for hydroxylation is 2. The van der Waals surface area contributed by atoms with E-state index in [1.165, 1.54) is 16.5 Å². The highest BCUT2D eigenvalue weighted by Crippen LogP contribution is 2.36. The van der Waals surface area contributed by atoms with Gasteiger partial charge in [-0.15, -0.1) is 0 Å². The molecule has 4 aromatic rings. The molecular formula is C23H15Cl2NO2. The first-order chi connectivity index (χ1) is 13.6. The minimum atomic E-state index is -0.303. The molecule has 28 heavy (non-hydrogen) atoms. The Morgan fingerprint density at radius 2 is 1.68 bits per heavy atom. The van der Waals surface area contributed by atoms with E-state index in [1.54, 1.807) is 30.3 Å². The summed E-state index contributed by atoms with van der Waals surface area (Å²) in [5.41, 5.74) is 4.10. The molecule has 1 aliphatic rings. The lowest BCUT2D eigenvalue weighted by atomic mass is 10.0. The summed E-state index contributed by atoms with van der Waals surface area (Å²) in [6.07, 6.45) is 2.10. The molecule has 1 aliphatic carbocycles. The molecular weight excluding hydrogens is 393 g/mol. The van der Waals surface area contributed by atoms with Gasteiger partial charge < -0.3 is 9.73 Å². The molecule has 1 N–H and O–H groups in total. The molecule has 3 nitrogen and oxygen atoms in total. The fourth-order valence-electron chi connectivity index (χ4n) is 3.84. The van der Waals surface area contributed by atoms with Gasteiger partial charge in [0.15, 0.2) is 5.76 Å². The third kappa shape index (κ3) is 2.79. The molecule has 0 atom stereocenters. The summed E-state index contributed by atoms with van der Waals surface area (Å²) < 4.78 is 5.76. The maximum Gasteiger partial charge on any atom is 0.291 e. The number of furan rings is 1. The summed E-state index contributed by atoms with van der Waals surface area (Å²) in [7, 11) is 0. The molecule has 3 aromatic carbocycles. The number of halogens is 2. The van der Waals surface area contributed by atoms with E-state index < -0.39 is 0 Å². The smallest absolute Gasteiger partial charge is 0.291 e. The lowest BCUT2D eigenvalue weighted by Gasteiger charge is -2.10. The number of carbonyl (C=O) groups is 1. The van der Waals surface area contributed by atoms with Gasteiger partial charge in [-0.05, 0) is 59.7 Å². The number of rotatable bonds is 3. The zero-order chi connectivity index (χ0) is 19.3. The Morgan fingerprint density at radius 1 is 0.893 bits per heavy atom. The van der Waals surface area contributed by atoms with Crippen LogP contribution in [-0.4, -0.2) is 5.91 Å². The zero-order valence-electron chi connectivity index (χ0n) is 14.8. The standard InChI is InChI=1S/C23H15Cl2NO2/c24-17-6-2-5-16(22(17)25)19-11-12-20(28-19)23(27)26-18-10-9-14-8-7-13-3-1-4-15(18)21(13)14/h1-6,9-12H,7-8H2,(H,26,27).